The van der Waals surface area contributed by atoms with Gasteiger partial charge < -0.3 is 16.2 Å². The molecule has 0 aromatic carbocycles. The van der Waals surface area contributed by atoms with Gasteiger partial charge in [-0.3, -0.25) is 14.5 Å². The van der Waals surface area contributed by atoms with Gasteiger partial charge in [-0.05, 0) is 23.9 Å². The lowest BCUT2D eigenvalue weighted by Crippen LogP contribution is -2.70. The van der Waals surface area contributed by atoms with Gasteiger partial charge in [0, 0.05) is 23.1 Å². The monoisotopic (exact) mass is 367 g/mol. The molecule has 1 saturated heterocycles. The van der Waals surface area contributed by atoms with Gasteiger partial charge >= 0.3 is 5.97 Å². The number of carboxylic acid groups (broad SMARTS) is 1. The van der Waals surface area contributed by atoms with Crippen LogP contribution in [0.25, 0.3) is 0 Å². The largest absolute Gasteiger partial charge is 0.477 e. The standard InChI is InChI=1S/C15H17N3O4S2/c1-7-6-24-14-11(13(20)18(14)12(7)15(21)22)17-10(19)5-8(16)9-3-2-4-23-9/h2-4,8,11,14H,5-6,16H2,1H3,(H,17,19)(H,21,22)/t8?,11?,14-/m0/s1. The highest BCUT2D eigenvalue weighted by atomic mass is 32.2. The molecule has 4 N–H and O–H groups in total. The highest BCUT2D eigenvalue weighted by Gasteiger charge is 2.53. The Bertz CT molecular complexity index is 716. The number of amides is 2. The minimum absolute atomic E-state index is 0.0320. The van der Waals surface area contributed by atoms with Crippen LogP contribution >= 0.6 is 23.1 Å². The summed E-state index contributed by atoms with van der Waals surface area (Å²) in [5.41, 5.74) is 6.67. The van der Waals surface area contributed by atoms with E-state index in [9.17, 15) is 19.5 Å². The van der Waals surface area contributed by atoms with Gasteiger partial charge in [0.15, 0.2) is 0 Å². The van der Waals surface area contributed by atoms with Gasteiger partial charge in [0.1, 0.15) is 17.1 Å². The molecule has 3 heterocycles. The number of hydrogen-bond donors (Lipinski definition) is 3. The number of carbonyl (C=O) groups is 3. The van der Waals surface area contributed by atoms with E-state index in [1.165, 1.54) is 28.0 Å². The Balaban J connectivity index is 1.63. The summed E-state index contributed by atoms with van der Waals surface area (Å²) in [7, 11) is 0. The zero-order valence-electron chi connectivity index (χ0n) is 12.9. The van der Waals surface area contributed by atoms with Crippen LogP contribution in [0.5, 0.6) is 0 Å². The van der Waals surface area contributed by atoms with E-state index in [-0.39, 0.29) is 29.3 Å². The minimum atomic E-state index is -1.12. The number of thioether (sulfide) groups is 1. The Morgan fingerprint density at radius 2 is 2.29 bits per heavy atom. The fraction of sp³-hybridized carbons (Fsp3) is 0.400. The van der Waals surface area contributed by atoms with Crippen molar-refractivity contribution in [3.8, 4) is 0 Å². The molecular formula is C15H17N3O4S2. The average molecular weight is 367 g/mol. The number of nitrogens with zero attached hydrogens (tertiary/aromatic N) is 1. The van der Waals surface area contributed by atoms with Crippen LogP contribution in [0.1, 0.15) is 24.3 Å². The Kier molecular flexibility index (Phi) is 4.66. The molecule has 0 saturated carbocycles. The molecule has 0 bridgehead atoms. The summed E-state index contributed by atoms with van der Waals surface area (Å²) in [5, 5.41) is 13.5. The maximum Gasteiger partial charge on any atom is 0.352 e. The summed E-state index contributed by atoms with van der Waals surface area (Å²) in [4.78, 5) is 37.9. The fourth-order valence-electron chi connectivity index (χ4n) is 2.81. The highest BCUT2D eigenvalue weighted by molar-refractivity contribution is 8.00. The number of aliphatic carboxylic acids is 1. The van der Waals surface area contributed by atoms with Gasteiger partial charge in [-0.15, -0.1) is 23.1 Å². The summed E-state index contributed by atoms with van der Waals surface area (Å²) in [6.45, 7) is 1.70. The normalized spacial score (nSPS) is 24.2. The first-order valence-corrected chi connectivity index (χ1v) is 9.29. The lowest BCUT2D eigenvalue weighted by atomic mass is 10.0. The van der Waals surface area contributed by atoms with E-state index in [0.29, 0.717) is 11.3 Å². The van der Waals surface area contributed by atoms with Gasteiger partial charge in [-0.25, -0.2) is 4.79 Å². The van der Waals surface area contributed by atoms with Crippen molar-refractivity contribution in [2.24, 2.45) is 5.73 Å². The van der Waals surface area contributed by atoms with E-state index >= 15 is 0 Å². The van der Waals surface area contributed by atoms with Crippen molar-refractivity contribution in [3.63, 3.8) is 0 Å². The quantitative estimate of drug-likeness (QED) is 0.667. The van der Waals surface area contributed by atoms with Crippen LogP contribution in [0.3, 0.4) is 0 Å². The molecule has 7 nitrogen and oxygen atoms in total. The third-order valence-electron chi connectivity index (χ3n) is 3.99. The SMILES string of the molecule is CC1=C(C(=O)O)N2C(=O)C(NC(=O)CC(N)c3cccs3)[C@@H]2SC1. The van der Waals surface area contributed by atoms with Crippen LogP contribution in [0.15, 0.2) is 28.8 Å². The number of nitrogens with two attached hydrogens (primary N) is 1. The summed E-state index contributed by atoms with van der Waals surface area (Å²) in [5.74, 6) is -1.28. The zero-order valence-corrected chi connectivity index (χ0v) is 14.5. The van der Waals surface area contributed by atoms with Crippen molar-refractivity contribution in [2.45, 2.75) is 30.8 Å². The lowest BCUT2D eigenvalue weighted by Gasteiger charge is -2.49. The topological polar surface area (TPSA) is 113 Å². The van der Waals surface area contributed by atoms with Gasteiger partial charge in [0.05, 0.1) is 0 Å². The van der Waals surface area contributed by atoms with E-state index in [4.69, 9.17) is 5.73 Å². The molecule has 0 radical (unpaired) electrons. The number of carbonyl (C=O) groups excluding carboxylic acids is 2. The molecule has 0 spiro atoms. The van der Waals surface area contributed by atoms with E-state index in [1.807, 2.05) is 17.5 Å². The van der Waals surface area contributed by atoms with Gasteiger partial charge in [-0.1, -0.05) is 6.07 Å². The number of thiophene rings is 1. The Labute approximate surface area is 146 Å². The third kappa shape index (κ3) is 2.94. The predicted octanol–water partition coefficient (Wildman–Crippen LogP) is 0.897. The van der Waals surface area contributed by atoms with E-state index in [1.54, 1.807) is 6.92 Å². The molecule has 3 atom stereocenters. The molecule has 9 heteroatoms. The first-order chi connectivity index (χ1) is 11.4. The van der Waals surface area contributed by atoms with Crippen molar-refractivity contribution in [2.75, 3.05) is 5.75 Å². The van der Waals surface area contributed by atoms with Crippen LogP contribution in [0.4, 0.5) is 0 Å². The first kappa shape index (κ1) is 17.0. The molecule has 24 heavy (non-hydrogen) atoms. The summed E-state index contributed by atoms with van der Waals surface area (Å²) >= 11 is 2.93. The van der Waals surface area contributed by atoms with Crippen molar-refractivity contribution in [1.82, 2.24) is 10.2 Å². The van der Waals surface area contributed by atoms with Crippen molar-refractivity contribution < 1.29 is 19.5 Å². The van der Waals surface area contributed by atoms with E-state index in [2.05, 4.69) is 5.32 Å². The smallest absolute Gasteiger partial charge is 0.352 e. The predicted molar refractivity (Wildman–Crippen MR) is 91.2 cm³/mol. The van der Waals surface area contributed by atoms with Gasteiger partial charge in [0.2, 0.25) is 5.91 Å². The summed E-state index contributed by atoms with van der Waals surface area (Å²) in [6.07, 6.45) is 0.0856. The number of β-lactam (4-membered cyclic amide) rings is 1. The molecule has 2 aliphatic heterocycles. The number of nitrogens with one attached hydrogen (secondary N) is 1. The second-order valence-electron chi connectivity index (χ2n) is 5.72. The fourth-order valence-corrected chi connectivity index (χ4v) is 4.83. The molecule has 2 unspecified atom stereocenters. The molecule has 128 valence electrons. The number of rotatable bonds is 5. The molecule has 2 aliphatic rings. The minimum Gasteiger partial charge on any atom is -0.477 e. The molecular weight excluding hydrogens is 350 g/mol. The maximum absolute atomic E-state index is 12.3. The maximum atomic E-state index is 12.3. The van der Waals surface area contributed by atoms with Crippen LogP contribution in [0, 0.1) is 0 Å². The summed E-state index contributed by atoms with van der Waals surface area (Å²) in [6, 6.07) is 2.63. The molecule has 1 fully saturated rings. The van der Waals surface area contributed by atoms with Gasteiger partial charge in [-0.2, -0.15) is 0 Å². The van der Waals surface area contributed by atoms with Gasteiger partial charge in [0.25, 0.3) is 5.91 Å². The van der Waals surface area contributed by atoms with E-state index < -0.39 is 18.1 Å². The first-order valence-electron chi connectivity index (χ1n) is 7.36. The number of hydrogen-bond acceptors (Lipinski definition) is 6. The van der Waals surface area contributed by atoms with Crippen LogP contribution in [-0.2, 0) is 14.4 Å². The molecule has 2 amide bonds. The molecule has 3 rings (SSSR count). The Morgan fingerprint density at radius 1 is 1.54 bits per heavy atom. The third-order valence-corrected chi connectivity index (χ3v) is 6.42. The van der Waals surface area contributed by atoms with Crippen molar-refractivity contribution in [3.05, 3.63) is 33.7 Å². The lowest BCUT2D eigenvalue weighted by molar-refractivity contribution is -0.150. The highest BCUT2D eigenvalue weighted by Crippen LogP contribution is 2.40. The second kappa shape index (κ2) is 6.58. The average Bonchev–Trinajstić information content (AvgIpc) is 3.06. The Morgan fingerprint density at radius 3 is 2.92 bits per heavy atom. The number of carboxylic acids is 1. The molecule has 0 aliphatic carbocycles. The molecule has 1 aromatic heterocycles. The van der Waals surface area contributed by atoms with E-state index in [0.717, 1.165) is 4.88 Å². The zero-order chi connectivity index (χ0) is 17.4. The second-order valence-corrected chi connectivity index (χ2v) is 7.80. The van der Waals surface area contributed by atoms with Crippen LogP contribution in [0.2, 0.25) is 0 Å². The molecule has 1 aromatic rings. The van der Waals surface area contributed by atoms with Crippen LogP contribution < -0.4 is 11.1 Å². The Hall–Kier alpha value is -1.84. The number of fused-ring (bicyclic) bond motifs is 1. The van der Waals surface area contributed by atoms with Crippen molar-refractivity contribution in [1.29, 1.82) is 0 Å². The van der Waals surface area contributed by atoms with Crippen molar-refractivity contribution >= 4 is 40.9 Å². The van der Waals surface area contributed by atoms with Crippen LogP contribution in [-0.4, -0.2) is 45.0 Å². The summed E-state index contributed by atoms with van der Waals surface area (Å²) < 4.78 is 0.